The molecule has 0 aliphatic carbocycles. The van der Waals surface area contributed by atoms with E-state index in [9.17, 15) is 18.0 Å². The Hall–Kier alpha value is -2.58. The van der Waals surface area contributed by atoms with E-state index < -0.39 is 12.4 Å². The Morgan fingerprint density at radius 3 is 2.85 bits per heavy atom. The normalized spacial score (nSPS) is 17.6. The summed E-state index contributed by atoms with van der Waals surface area (Å²) in [6.45, 7) is 2.10. The Balaban J connectivity index is 1.79. The van der Waals surface area contributed by atoms with E-state index >= 15 is 0 Å². The number of benzene rings is 1. The molecule has 1 aliphatic rings. The number of carbonyl (C=O) groups is 1. The van der Waals surface area contributed by atoms with Crippen molar-refractivity contribution in [2.24, 2.45) is 5.92 Å². The lowest BCUT2D eigenvalue weighted by Crippen LogP contribution is -2.29. The van der Waals surface area contributed by atoms with Crippen LogP contribution in [0.2, 0.25) is 0 Å². The zero-order valence-electron chi connectivity index (χ0n) is 14.3. The summed E-state index contributed by atoms with van der Waals surface area (Å²) < 4.78 is 48.1. The van der Waals surface area contributed by atoms with Crippen LogP contribution in [-0.2, 0) is 4.79 Å². The first-order valence-corrected chi connectivity index (χ1v) is 8.19. The molecule has 9 heteroatoms. The number of hydrogen-bond acceptors (Lipinski definition) is 5. The average Bonchev–Trinajstić information content (AvgIpc) is 3.16. The molecule has 1 unspecified atom stereocenters. The van der Waals surface area contributed by atoms with Gasteiger partial charge in [0.1, 0.15) is 11.6 Å². The Morgan fingerprint density at radius 2 is 2.15 bits per heavy atom. The van der Waals surface area contributed by atoms with Gasteiger partial charge >= 0.3 is 6.61 Å². The van der Waals surface area contributed by atoms with Crippen molar-refractivity contribution in [3.8, 4) is 17.1 Å². The highest BCUT2D eigenvalue weighted by Gasteiger charge is 2.34. The molecule has 1 amide bonds. The van der Waals surface area contributed by atoms with Crippen molar-refractivity contribution in [3.63, 3.8) is 0 Å². The molecule has 0 radical (unpaired) electrons. The molecule has 3 rings (SSSR count). The van der Waals surface area contributed by atoms with Crippen LogP contribution in [0.25, 0.3) is 11.4 Å². The van der Waals surface area contributed by atoms with E-state index in [2.05, 4.69) is 14.9 Å². The first-order valence-electron chi connectivity index (χ1n) is 8.19. The molecule has 1 aliphatic heterocycles. The van der Waals surface area contributed by atoms with Gasteiger partial charge in [-0.15, -0.1) is 0 Å². The summed E-state index contributed by atoms with van der Waals surface area (Å²) in [7, 11) is 0. The van der Waals surface area contributed by atoms with Gasteiger partial charge in [0.2, 0.25) is 17.6 Å². The van der Waals surface area contributed by atoms with Gasteiger partial charge < -0.3 is 14.2 Å². The second kappa shape index (κ2) is 7.35. The van der Waals surface area contributed by atoms with Crippen molar-refractivity contribution >= 4 is 5.91 Å². The monoisotopic (exact) mass is 369 g/mol. The lowest BCUT2D eigenvalue weighted by Gasteiger charge is -2.18. The highest BCUT2D eigenvalue weighted by molar-refractivity contribution is 5.79. The second-order valence-corrected chi connectivity index (χ2v) is 6.57. The molecule has 1 atom stereocenters. The van der Waals surface area contributed by atoms with Crippen LogP contribution < -0.4 is 4.74 Å². The van der Waals surface area contributed by atoms with E-state index in [1.807, 2.05) is 13.8 Å². The van der Waals surface area contributed by atoms with Crippen LogP contribution in [0.4, 0.5) is 13.2 Å². The number of halogens is 3. The van der Waals surface area contributed by atoms with E-state index in [0.717, 1.165) is 18.2 Å². The molecule has 0 saturated carbocycles. The van der Waals surface area contributed by atoms with Gasteiger partial charge in [-0.1, -0.05) is 19.0 Å². The minimum atomic E-state index is -3.02. The lowest BCUT2D eigenvalue weighted by molar-refractivity contribution is -0.128. The summed E-state index contributed by atoms with van der Waals surface area (Å²) in [5.41, 5.74) is -0.110. The van der Waals surface area contributed by atoms with Gasteiger partial charge in [0.25, 0.3) is 0 Å². The Kier molecular flexibility index (Phi) is 5.15. The molecule has 1 saturated heterocycles. The van der Waals surface area contributed by atoms with Crippen LogP contribution >= 0.6 is 0 Å². The smallest absolute Gasteiger partial charge is 0.387 e. The Labute approximate surface area is 147 Å². The quantitative estimate of drug-likeness (QED) is 0.780. The third-order valence-electron chi connectivity index (χ3n) is 3.99. The van der Waals surface area contributed by atoms with Crippen molar-refractivity contribution in [3.05, 3.63) is 29.9 Å². The van der Waals surface area contributed by atoms with E-state index in [1.54, 1.807) is 4.90 Å². The van der Waals surface area contributed by atoms with Crippen LogP contribution in [0, 0.1) is 11.7 Å². The fraction of sp³-hybridized carbons (Fsp3) is 0.471. The molecule has 0 N–H and O–H groups in total. The minimum Gasteiger partial charge on any atom is -0.435 e. The lowest BCUT2D eigenvalue weighted by atomic mass is 10.1. The number of rotatable bonds is 6. The fourth-order valence-corrected chi connectivity index (χ4v) is 2.92. The number of ether oxygens (including phenoxy) is 1. The standard InChI is InChI=1S/C17H18F3N3O3/c1-9(2)7-23-8-10(5-14(23)24)16-21-15(22-26-16)12-6-11(25-17(19)20)3-4-13(12)18/h3-4,6,9-10,17H,5,7-8H2,1-2H3. The topological polar surface area (TPSA) is 68.5 Å². The highest BCUT2D eigenvalue weighted by Crippen LogP contribution is 2.31. The van der Waals surface area contributed by atoms with Crippen LogP contribution in [0.5, 0.6) is 5.75 Å². The highest BCUT2D eigenvalue weighted by atomic mass is 19.3. The van der Waals surface area contributed by atoms with E-state index in [0.29, 0.717) is 19.0 Å². The van der Waals surface area contributed by atoms with Gasteiger partial charge in [0.15, 0.2) is 0 Å². The maximum absolute atomic E-state index is 14.0. The van der Waals surface area contributed by atoms with Gasteiger partial charge in [-0.05, 0) is 24.1 Å². The van der Waals surface area contributed by atoms with Crippen LogP contribution in [0.15, 0.2) is 22.7 Å². The molecule has 2 heterocycles. The molecule has 1 aromatic heterocycles. The van der Waals surface area contributed by atoms with E-state index in [4.69, 9.17) is 4.52 Å². The Morgan fingerprint density at radius 1 is 1.38 bits per heavy atom. The summed E-state index contributed by atoms with van der Waals surface area (Å²) in [5, 5.41) is 3.72. The summed E-state index contributed by atoms with van der Waals surface area (Å²) in [6, 6.07) is 3.17. The van der Waals surface area contributed by atoms with Crippen LogP contribution in [0.1, 0.15) is 32.1 Å². The van der Waals surface area contributed by atoms with Crippen molar-refractivity contribution in [1.29, 1.82) is 0 Å². The molecule has 1 fully saturated rings. The first kappa shape index (κ1) is 18.2. The number of nitrogens with zero attached hydrogens (tertiary/aromatic N) is 3. The zero-order chi connectivity index (χ0) is 18.8. The fourth-order valence-electron chi connectivity index (χ4n) is 2.92. The summed E-state index contributed by atoms with van der Waals surface area (Å²) in [5.74, 6) is -0.688. The molecule has 0 spiro atoms. The number of likely N-dealkylation sites (tertiary alicyclic amines) is 1. The van der Waals surface area contributed by atoms with Crippen molar-refractivity contribution in [1.82, 2.24) is 15.0 Å². The van der Waals surface area contributed by atoms with Crippen molar-refractivity contribution in [2.45, 2.75) is 32.8 Å². The number of aromatic nitrogens is 2. The van der Waals surface area contributed by atoms with E-state index in [-0.39, 0.29) is 41.3 Å². The van der Waals surface area contributed by atoms with Crippen LogP contribution in [0.3, 0.4) is 0 Å². The van der Waals surface area contributed by atoms with Gasteiger partial charge in [-0.3, -0.25) is 4.79 Å². The summed E-state index contributed by atoms with van der Waals surface area (Å²) in [6.07, 6.45) is 0.241. The molecule has 2 aromatic rings. The summed E-state index contributed by atoms with van der Waals surface area (Å²) >= 11 is 0. The molecular weight excluding hydrogens is 351 g/mol. The van der Waals surface area contributed by atoms with Crippen LogP contribution in [-0.4, -0.2) is 40.6 Å². The third kappa shape index (κ3) is 3.97. The molecule has 0 bridgehead atoms. The van der Waals surface area contributed by atoms with Gasteiger partial charge in [0, 0.05) is 19.5 Å². The maximum atomic E-state index is 14.0. The number of alkyl halides is 2. The molecule has 140 valence electrons. The molecular formula is C17H18F3N3O3. The van der Waals surface area contributed by atoms with Crippen molar-refractivity contribution in [2.75, 3.05) is 13.1 Å². The third-order valence-corrected chi connectivity index (χ3v) is 3.99. The van der Waals surface area contributed by atoms with E-state index in [1.165, 1.54) is 0 Å². The Bertz CT molecular complexity index is 795. The number of carbonyl (C=O) groups excluding carboxylic acids is 1. The number of hydrogen-bond donors (Lipinski definition) is 0. The van der Waals surface area contributed by atoms with Gasteiger partial charge in [-0.2, -0.15) is 13.8 Å². The molecule has 26 heavy (non-hydrogen) atoms. The van der Waals surface area contributed by atoms with Crippen molar-refractivity contribution < 1.29 is 27.2 Å². The number of amides is 1. The predicted molar refractivity (Wildman–Crippen MR) is 85.1 cm³/mol. The van der Waals surface area contributed by atoms with Gasteiger partial charge in [-0.25, -0.2) is 4.39 Å². The average molecular weight is 369 g/mol. The largest absolute Gasteiger partial charge is 0.435 e. The van der Waals surface area contributed by atoms with Gasteiger partial charge in [0.05, 0.1) is 11.5 Å². The first-order chi connectivity index (χ1) is 12.3. The molecule has 6 nitrogen and oxygen atoms in total. The minimum absolute atomic E-state index is 0.00182. The zero-order valence-corrected chi connectivity index (χ0v) is 14.3. The second-order valence-electron chi connectivity index (χ2n) is 6.57. The molecule has 1 aromatic carbocycles. The maximum Gasteiger partial charge on any atom is 0.387 e. The summed E-state index contributed by atoms with van der Waals surface area (Å²) in [4.78, 5) is 17.9. The predicted octanol–water partition coefficient (Wildman–Crippen LogP) is 3.45. The SMILES string of the molecule is CC(C)CN1CC(c2nc(-c3cc(OC(F)F)ccc3F)no2)CC1=O.